The number of ether oxygens (including phenoxy) is 2. The van der Waals surface area contributed by atoms with Gasteiger partial charge in [-0.3, -0.25) is 0 Å². The third kappa shape index (κ3) is 5.10. The van der Waals surface area contributed by atoms with Crippen molar-refractivity contribution in [1.29, 1.82) is 0 Å². The summed E-state index contributed by atoms with van der Waals surface area (Å²) in [7, 11) is 1.29. The largest absolute Gasteiger partial charge is 0.465 e. The highest BCUT2D eigenvalue weighted by atomic mass is 16.6. The monoisotopic (exact) mass is 349 g/mol. The van der Waals surface area contributed by atoms with Crippen LogP contribution in [0.15, 0.2) is 24.3 Å². The van der Waals surface area contributed by atoms with Crippen LogP contribution in [-0.4, -0.2) is 55.8 Å². The number of hydrogen-bond donors (Lipinski definition) is 2. The molecule has 2 N–H and O–H groups in total. The lowest BCUT2D eigenvalue weighted by molar-refractivity contribution is 0.0601. The maximum absolute atomic E-state index is 12.2. The van der Waals surface area contributed by atoms with Gasteiger partial charge in [0.25, 0.3) is 0 Å². The number of para-hydroxylation sites is 1. The molecule has 8 nitrogen and oxygen atoms in total. The normalized spacial score (nSPS) is 14.6. The second-order valence-electron chi connectivity index (χ2n) is 5.60. The molecule has 0 atom stereocenters. The Kier molecular flexibility index (Phi) is 6.62. The summed E-state index contributed by atoms with van der Waals surface area (Å²) < 4.78 is 9.67. The van der Waals surface area contributed by atoms with Crippen molar-refractivity contribution in [3.63, 3.8) is 0 Å². The number of amides is 3. The molecule has 136 valence electrons. The zero-order valence-corrected chi connectivity index (χ0v) is 14.4. The van der Waals surface area contributed by atoms with Gasteiger partial charge in [-0.25, -0.2) is 14.4 Å². The van der Waals surface area contributed by atoms with Gasteiger partial charge in [-0.15, -0.1) is 0 Å². The van der Waals surface area contributed by atoms with Crippen molar-refractivity contribution in [2.24, 2.45) is 0 Å². The van der Waals surface area contributed by atoms with Crippen LogP contribution in [0.4, 0.5) is 15.3 Å². The lowest BCUT2D eigenvalue weighted by Crippen LogP contribution is -2.47. The van der Waals surface area contributed by atoms with E-state index in [2.05, 4.69) is 10.6 Å². The van der Waals surface area contributed by atoms with Crippen LogP contribution in [0.2, 0.25) is 0 Å². The number of benzene rings is 1. The summed E-state index contributed by atoms with van der Waals surface area (Å²) in [4.78, 5) is 37.2. The van der Waals surface area contributed by atoms with Gasteiger partial charge in [0, 0.05) is 19.1 Å². The zero-order chi connectivity index (χ0) is 18.2. The number of piperidine rings is 1. The van der Waals surface area contributed by atoms with Crippen molar-refractivity contribution >= 4 is 23.8 Å². The van der Waals surface area contributed by atoms with Gasteiger partial charge < -0.3 is 25.0 Å². The van der Waals surface area contributed by atoms with Crippen LogP contribution in [0.3, 0.4) is 0 Å². The van der Waals surface area contributed by atoms with E-state index >= 15 is 0 Å². The molecule has 0 saturated carbocycles. The predicted octanol–water partition coefficient (Wildman–Crippen LogP) is 2.22. The summed E-state index contributed by atoms with van der Waals surface area (Å²) in [5.74, 6) is -0.515. The second kappa shape index (κ2) is 8.91. The number of carbonyl (C=O) groups excluding carboxylic acids is 3. The van der Waals surface area contributed by atoms with Gasteiger partial charge in [-0.2, -0.15) is 0 Å². The average Bonchev–Trinajstić information content (AvgIpc) is 2.62. The Morgan fingerprint density at radius 1 is 1.20 bits per heavy atom. The van der Waals surface area contributed by atoms with Gasteiger partial charge in [0.1, 0.15) is 0 Å². The number of rotatable bonds is 4. The van der Waals surface area contributed by atoms with E-state index < -0.39 is 12.0 Å². The summed E-state index contributed by atoms with van der Waals surface area (Å²) in [5, 5.41) is 5.53. The molecule has 1 aliphatic heterocycles. The summed E-state index contributed by atoms with van der Waals surface area (Å²) in [5.41, 5.74) is 0.674. The van der Waals surface area contributed by atoms with Crippen LogP contribution in [0.1, 0.15) is 30.1 Å². The number of carbonyl (C=O) groups is 3. The number of nitrogens with zero attached hydrogens (tertiary/aromatic N) is 1. The van der Waals surface area contributed by atoms with E-state index in [1.165, 1.54) is 7.11 Å². The van der Waals surface area contributed by atoms with Crippen LogP contribution < -0.4 is 10.6 Å². The number of anilines is 1. The van der Waals surface area contributed by atoms with Gasteiger partial charge in [0.05, 0.1) is 25.0 Å². The molecule has 0 aliphatic carbocycles. The van der Waals surface area contributed by atoms with Crippen molar-refractivity contribution in [2.75, 3.05) is 32.1 Å². The van der Waals surface area contributed by atoms with E-state index in [4.69, 9.17) is 9.47 Å². The molecular weight excluding hydrogens is 326 g/mol. The summed E-state index contributed by atoms with van der Waals surface area (Å²) in [6, 6.07) is 6.19. The Morgan fingerprint density at radius 2 is 1.88 bits per heavy atom. The minimum absolute atomic E-state index is 0.0454. The van der Waals surface area contributed by atoms with E-state index in [1.807, 2.05) is 0 Å². The Balaban J connectivity index is 1.86. The molecule has 1 saturated heterocycles. The molecule has 1 fully saturated rings. The lowest BCUT2D eigenvalue weighted by Gasteiger charge is -2.31. The third-order valence-corrected chi connectivity index (χ3v) is 3.94. The molecule has 1 aromatic carbocycles. The molecule has 1 heterocycles. The van der Waals surface area contributed by atoms with E-state index in [1.54, 1.807) is 36.1 Å². The predicted molar refractivity (Wildman–Crippen MR) is 91.6 cm³/mol. The molecule has 8 heteroatoms. The summed E-state index contributed by atoms with van der Waals surface area (Å²) >= 11 is 0. The number of esters is 1. The smallest absolute Gasteiger partial charge is 0.409 e. The highest BCUT2D eigenvalue weighted by Crippen LogP contribution is 2.16. The first kappa shape index (κ1) is 18.6. The van der Waals surface area contributed by atoms with Gasteiger partial charge in [0.2, 0.25) is 0 Å². The second-order valence-corrected chi connectivity index (χ2v) is 5.60. The Hall–Kier alpha value is -2.77. The number of nitrogens with one attached hydrogen (secondary N) is 2. The lowest BCUT2D eigenvalue weighted by atomic mass is 10.1. The standard InChI is InChI=1S/C17H23N3O5/c1-3-25-17(23)20-10-8-12(9-11-20)18-16(22)19-14-7-5-4-6-13(14)15(21)24-2/h4-7,12H,3,8-11H2,1-2H3,(H2,18,19,22). The van der Waals surface area contributed by atoms with E-state index in [-0.39, 0.29) is 17.7 Å². The molecule has 0 aromatic heterocycles. The van der Waals surface area contributed by atoms with E-state index in [0.717, 1.165) is 0 Å². The fourth-order valence-electron chi connectivity index (χ4n) is 2.65. The third-order valence-electron chi connectivity index (χ3n) is 3.94. The average molecular weight is 349 g/mol. The Labute approximate surface area is 146 Å². The first-order valence-electron chi connectivity index (χ1n) is 8.21. The van der Waals surface area contributed by atoms with E-state index in [9.17, 15) is 14.4 Å². The first-order valence-corrected chi connectivity index (χ1v) is 8.21. The highest BCUT2D eigenvalue weighted by Gasteiger charge is 2.24. The van der Waals surface area contributed by atoms with Gasteiger partial charge in [0.15, 0.2) is 0 Å². The minimum Gasteiger partial charge on any atom is -0.465 e. The maximum atomic E-state index is 12.2. The van der Waals surface area contributed by atoms with Crippen LogP contribution >= 0.6 is 0 Å². The molecule has 25 heavy (non-hydrogen) atoms. The van der Waals surface area contributed by atoms with Gasteiger partial charge in [-0.05, 0) is 31.9 Å². The summed E-state index contributed by atoms with van der Waals surface area (Å²) in [6.45, 7) is 3.17. The Morgan fingerprint density at radius 3 is 2.52 bits per heavy atom. The van der Waals surface area contributed by atoms with Crippen molar-refractivity contribution in [1.82, 2.24) is 10.2 Å². The van der Waals surface area contributed by atoms with Crippen LogP contribution in [-0.2, 0) is 9.47 Å². The molecule has 0 spiro atoms. The molecule has 3 amide bonds. The zero-order valence-electron chi connectivity index (χ0n) is 14.4. The number of likely N-dealkylation sites (tertiary alicyclic amines) is 1. The Bertz CT molecular complexity index is 626. The van der Waals surface area contributed by atoms with Gasteiger partial charge in [-0.1, -0.05) is 12.1 Å². The summed E-state index contributed by atoms with van der Waals surface area (Å²) in [6.07, 6.45) is 0.966. The maximum Gasteiger partial charge on any atom is 0.409 e. The number of methoxy groups -OCH3 is 1. The molecule has 0 unspecified atom stereocenters. The fraction of sp³-hybridized carbons (Fsp3) is 0.471. The number of hydrogen-bond acceptors (Lipinski definition) is 5. The number of urea groups is 1. The molecule has 2 rings (SSSR count). The van der Waals surface area contributed by atoms with E-state index in [0.29, 0.717) is 38.2 Å². The highest BCUT2D eigenvalue weighted by molar-refractivity contribution is 6.00. The molecular formula is C17H23N3O5. The van der Waals surface area contributed by atoms with Crippen molar-refractivity contribution in [3.8, 4) is 0 Å². The SMILES string of the molecule is CCOC(=O)N1CCC(NC(=O)Nc2ccccc2C(=O)OC)CC1. The first-order chi connectivity index (χ1) is 12.0. The minimum atomic E-state index is -0.515. The topological polar surface area (TPSA) is 97.0 Å². The van der Waals surface area contributed by atoms with Crippen molar-refractivity contribution in [3.05, 3.63) is 29.8 Å². The molecule has 0 radical (unpaired) electrons. The van der Waals surface area contributed by atoms with Crippen LogP contribution in [0, 0.1) is 0 Å². The van der Waals surface area contributed by atoms with Crippen LogP contribution in [0.5, 0.6) is 0 Å². The fourth-order valence-corrected chi connectivity index (χ4v) is 2.65. The van der Waals surface area contributed by atoms with Crippen molar-refractivity contribution < 1.29 is 23.9 Å². The quantitative estimate of drug-likeness (QED) is 0.813. The van der Waals surface area contributed by atoms with Crippen molar-refractivity contribution in [2.45, 2.75) is 25.8 Å². The van der Waals surface area contributed by atoms with Crippen LogP contribution in [0.25, 0.3) is 0 Å². The van der Waals surface area contributed by atoms with Gasteiger partial charge >= 0.3 is 18.1 Å². The molecule has 1 aliphatic rings. The molecule has 0 bridgehead atoms. The molecule has 1 aromatic rings.